The van der Waals surface area contributed by atoms with E-state index in [0.29, 0.717) is 12.0 Å². The van der Waals surface area contributed by atoms with Crippen LogP contribution in [0.4, 0.5) is 0 Å². The van der Waals surface area contributed by atoms with Crippen molar-refractivity contribution < 1.29 is 9.47 Å². The third kappa shape index (κ3) is 3.01. The lowest BCUT2D eigenvalue weighted by molar-refractivity contribution is 0.259. The standard InChI is InChI=1S/C17H26N2O2/c1-19-10-9-12(11-18-13-7-8-13)16(19)14-5-4-6-15(20-2)17(14)21-3/h4-6,12-13,16,18H,7-11H2,1-3H3. The molecule has 1 saturated heterocycles. The van der Waals surface area contributed by atoms with Crippen LogP contribution in [0.1, 0.15) is 30.9 Å². The fourth-order valence-electron chi connectivity index (χ4n) is 3.48. The number of nitrogens with zero attached hydrogens (tertiary/aromatic N) is 1. The van der Waals surface area contributed by atoms with Gasteiger partial charge in [0.05, 0.1) is 14.2 Å². The zero-order chi connectivity index (χ0) is 14.8. The smallest absolute Gasteiger partial charge is 0.165 e. The van der Waals surface area contributed by atoms with Crippen LogP contribution in [0.25, 0.3) is 0 Å². The molecule has 3 rings (SSSR count). The largest absolute Gasteiger partial charge is 0.493 e. The molecule has 1 saturated carbocycles. The Balaban J connectivity index is 1.84. The van der Waals surface area contributed by atoms with E-state index in [-0.39, 0.29) is 0 Å². The summed E-state index contributed by atoms with van der Waals surface area (Å²) in [5.74, 6) is 2.34. The second-order valence-electron chi connectivity index (χ2n) is 6.24. The summed E-state index contributed by atoms with van der Waals surface area (Å²) in [7, 11) is 5.64. The van der Waals surface area contributed by atoms with Crippen molar-refractivity contribution in [3.05, 3.63) is 23.8 Å². The van der Waals surface area contributed by atoms with Crippen LogP contribution in [0.15, 0.2) is 18.2 Å². The summed E-state index contributed by atoms with van der Waals surface area (Å²) in [6, 6.07) is 7.38. The molecule has 1 N–H and O–H groups in total. The molecule has 1 aliphatic carbocycles. The summed E-state index contributed by atoms with van der Waals surface area (Å²) in [4.78, 5) is 2.44. The number of hydrogen-bond donors (Lipinski definition) is 1. The highest BCUT2D eigenvalue weighted by Gasteiger charge is 2.36. The van der Waals surface area contributed by atoms with Gasteiger partial charge in [0.25, 0.3) is 0 Å². The predicted molar refractivity (Wildman–Crippen MR) is 84.0 cm³/mol. The van der Waals surface area contributed by atoms with E-state index >= 15 is 0 Å². The quantitative estimate of drug-likeness (QED) is 0.872. The van der Waals surface area contributed by atoms with Gasteiger partial charge < -0.3 is 14.8 Å². The Morgan fingerprint density at radius 3 is 2.67 bits per heavy atom. The fourth-order valence-corrected chi connectivity index (χ4v) is 3.48. The molecule has 1 heterocycles. The molecule has 1 aliphatic heterocycles. The zero-order valence-corrected chi connectivity index (χ0v) is 13.3. The van der Waals surface area contributed by atoms with E-state index in [4.69, 9.17) is 9.47 Å². The van der Waals surface area contributed by atoms with Crippen molar-refractivity contribution in [3.8, 4) is 11.5 Å². The van der Waals surface area contributed by atoms with Crippen molar-refractivity contribution in [2.24, 2.45) is 5.92 Å². The molecule has 2 atom stereocenters. The highest BCUT2D eigenvalue weighted by atomic mass is 16.5. The van der Waals surface area contributed by atoms with Crippen molar-refractivity contribution in [2.45, 2.75) is 31.3 Å². The van der Waals surface area contributed by atoms with Gasteiger partial charge in [0.15, 0.2) is 11.5 Å². The Hall–Kier alpha value is -1.26. The third-order valence-corrected chi connectivity index (χ3v) is 4.77. The molecule has 2 unspecified atom stereocenters. The van der Waals surface area contributed by atoms with E-state index in [0.717, 1.165) is 30.6 Å². The van der Waals surface area contributed by atoms with Gasteiger partial charge in [-0.15, -0.1) is 0 Å². The number of rotatable bonds is 6. The molecule has 4 heteroatoms. The normalized spacial score (nSPS) is 26.0. The number of hydrogen-bond acceptors (Lipinski definition) is 4. The van der Waals surface area contributed by atoms with Gasteiger partial charge in [-0.05, 0) is 44.8 Å². The maximum absolute atomic E-state index is 5.64. The van der Waals surface area contributed by atoms with Crippen molar-refractivity contribution in [2.75, 3.05) is 34.4 Å². The molecular weight excluding hydrogens is 264 g/mol. The molecule has 116 valence electrons. The maximum Gasteiger partial charge on any atom is 0.165 e. The molecule has 21 heavy (non-hydrogen) atoms. The van der Waals surface area contributed by atoms with Gasteiger partial charge >= 0.3 is 0 Å². The number of ether oxygens (including phenoxy) is 2. The van der Waals surface area contributed by atoms with Gasteiger partial charge in [-0.1, -0.05) is 12.1 Å². The molecule has 1 aromatic rings. The van der Waals surface area contributed by atoms with Gasteiger partial charge in [0.1, 0.15) is 0 Å². The molecule has 2 aliphatic rings. The van der Waals surface area contributed by atoms with Crippen LogP contribution < -0.4 is 14.8 Å². The molecule has 0 spiro atoms. The molecule has 2 fully saturated rings. The molecule has 0 bridgehead atoms. The van der Waals surface area contributed by atoms with Crippen LogP contribution in [0.2, 0.25) is 0 Å². The Morgan fingerprint density at radius 1 is 1.19 bits per heavy atom. The molecule has 4 nitrogen and oxygen atoms in total. The highest BCUT2D eigenvalue weighted by molar-refractivity contribution is 5.48. The minimum atomic E-state index is 0.404. The van der Waals surface area contributed by atoms with Gasteiger partial charge in [0.2, 0.25) is 0 Å². The second-order valence-corrected chi connectivity index (χ2v) is 6.24. The summed E-state index contributed by atoms with van der Waals surface area (Å²) in [5.41, 5.74) is 1.25. The number of likely N-dealkylation sites (tertiary alicyclic amines) is 1. The summed E-state index contributed by atoms with van der Waals surface area (Å²) < 4.78 is 11.1. The van der Waals surface area contributed by atoms with Crippen LogP contribution in [0.3, 0.4) is 0 Å². The van der Waals surface area contributed by atoms with Crippen molar-refractivity contribution in [1.82, 2.24) is 10.2 Å². The minimum absolute atomic E-state index is 0.404. The van der Waals surface area contributed by atoms with E-state index in [1.54, 1.807) is 14.2 Å². The lowest BCUT2D eigenvalue weighted by atomic mass is 9.92. The first-order chi connectivity index (χ1) is 10.2. The lowest BCUT2D eigenvalue weighted by Gasteiger charge is -2.28. The Morgan fingerprint density at radius 2 is 2.00 bits per heavy atom. The molecule has 1 aromatic carbocycles. The first-order valence-electron chi connectivity index (χ1n) is 7.89. The van der Waals surface area contributed by atoms with E-state index in [1.807, 2.05) is 6.07 Å². The molecule has 0 amide bonds. The summed E-state index contributed by atoms with van der Waals surface area (Å²) in [6.07, 6.45) is 3.92. The van der Waals surface area contributed by atoms with Gasteiger partial charge in [-0.2, -0.15) is 0 Å². The number of para-hydroxylation sites is 1. The Kier molecular flexibility index (Phi) is 4.36. The average Bonchev–Trinajstić information content (AvgIpc) is 3.27. The van der Waals surface area contributed by atoms with Crippen LogP contribution in [0.5, 0.6) is 11.5 Å². The molecule has 0 radical (unpaired) electrons. The second kappa shape index (κ2) is 6.24. The Bertz CT molecular complexity index is 488. The topological polar surface area (TPSA) is 33.7 Å². The van der Waals surface area contributed by atoms with E-state index in [9.17, 15) is 0 Å². The van der Waals surface area contributed by atoms with Crippen LogP contribution in [-0.4, -0.2) is 45.3 Å². The molecular formula is C17H26N2O2. The van der Waals surface area contributed by atoms with Crippen LogP contribution in [-0.2, 0) is 0 Å². The summed E-state index contributed by atoms with van der Waals surface area (Å²) >= 11 is 0. The molecule has 0 aromatic heterocycles. The maximum atomic E-state index is 5.64. The number of nitrogens with one attached hydrogen (secondary N) is 1. The number of benzene rings is 1. The highest BCUT2D eigenvalue weighted by Crippen LogP contribution is 2.43. The summed E-state index contributed by atoms with van der Waals surface area (Å²) in [6.45, 7) is 2.24. The van der Waals surface area contributed by atoms with Gasteiger partial charge in [0, 0.05) is 24.2 Å². The first-order valence-corrected chi connectivity index (χ1v) is 7.89. The average molecular weight is 290 g/mol. The number of methoxy groups -OCH3 is 2. The zero-order valence-electron chi connectivity index (χ0n) is 13.3. The van der Waals surface area contributed by atoms with E-state index in [1.165, 1.54) is 24.8 Å². The van der Waals surface area contributed by atoms with Crippen LogP contribution >= 0.6 is 0 Å². The third-order valence-electron chi connectivity index (χ3n) is 4.77. The predicted octanol–water partition coefficient (Wildman–Crippen LogP) is 2.45. The minimum Gasteiger partial charge on any atom is -0.493 e. The van der Waals surface area contributed by atoms with Crippen molar-refractivity contribution in [1.29, 1.82) is 0 Å². The van der Waals surface area contributed by atoms with Crippen molar-refractivity contribution >= 4 is 0 Å². The Labute approximate surface area is 127 Å². The van der Waals surface area contributed by atoms with E-state index < -0.39 is 0 Å². The lowest BCUT2D eigenvalue weighted by Crippen LogP contribution is -2.29. The van der Waals surface area contributed by atoms with E-state index in [2.05, 4.69) is 29.4 Å². The van der Waals surface area contributed by atoms with Gasteiger partial charge in [-0.3, -0.25) is 4.90 Å². The van der Waals surface area contributed by atoms with Crippen molar-refractivity contribution in [3.63, 3.8) is 0 Å². The fraction of sp³-hybridized carbons (Fsp3) is 0.647. The van der Waals surface area contributed by atoms with Gasteiger partial charge in [-0.25, -0.2) is 0 Å². The first kappa shape index (κ1) is 14.7. The monoisotopic (exact) mass is 290 g/mol. The summed E-state index contributed by atoms with van der Waals surface area (Å²) in [5, 5.41) is 3.69. The van der Waals surface area contributed by atoms with Crippen LogP contribution in [0, 0.1) is 5.92 Å². The SMILES string of the molecule is COc1cccc(C2C(CNC3CC3)CCN2C)c1OC.